The lowest BCUT2D eigenvalue weighted by atomic mass is 10.1. The van der Waals surface area contributed by atoms with Crippen LogP contribution in [0.3, 0.4) is 0 Å². The van der Waals surface area contributed by atoms with Crippen LogP contribution in [0.1, 0.15) is 24.5 Å². The van der Waals surface area contributed by atoms with Crippen LogP contribution in [0.4, 0.5) is 5.95 Å². The van der Waals surface area contributed by atoms with E-state index in [0.29, 0.717) is 22.1 Å². The monoisotopic (exact) mass is 464 g/mol. The summed E-state index contributed by atoms with van der Waals surface area (Å²) in [6.07, 6.45) is 1.66. The lowest BCUT2D eigenvalue weighted by Gasteiger charge is -2.09. The molecule has 170 valence electrons. The highest BCUT2D eigenvalue weighted by atomic mass is 35.5. The Morgan fingerprint density at radius 2 is 1.70 bits per heavy atom. The summed E-state index contributed by atoms with van der Waals surface area (Å²) in [5, 5.41) is 5.01. The van der Waals surface area contributed by atoms with Crippen molar-refractivity contribution in [1.29, 1.82) is 0 Å². The zero-order valence-electron chi connectivity index (χ0n) is 18.7. The molecular weight excluding hydrogens is 440 g/mol. The molecule has 0 aliphatic carbocycles. The van der Waals surface area contributed by atoms with Gasteiger partial charge in [-0.05, 0) is 43.0 Å². The van der Waals surface area contributed by atoms with E-state index in [4.69, 9.17) is 11.6 Å². The highest BCUT2D eigenvalue weighted by Crippen LogP contribution is 2.15. The van der Waals surface area contributed by atoms with Gasteiger partial charge in [0.1, 0.15) is 0 Å². The Hall–Kier alpha value is -3.65. The van der Waals surface area contributed by atoms with Crippen LogP contribution < -0.4 is 16.7 Å². The molecule has 0 fully saturated rings. The predicted molar refractivity (Wildman–Crippen MR) is 132 cm³/mol. The van der Waals surface area contributed by atoms with Crippen LogP contribution in [-0.4, -0.2) is 24.4 Å². The molecule has 0 aliphatic heterocycles. The van der Waals surface area contributed by atoms with Gasteiger partial charge in [0.2, 0.25) is 5.95 Å². The summed E-state index contributed by atoms with van der Waals surface area (Å²) in [7, 11) is 3.33. The molecule has 0 saturated carbocycles. The highest BCUT2D eigenvalue weighted by Gasteiger charge is 2.18. The number of hydrogen-bond acceptors (Lipinski definition) is 5. The van der Waals surface area contributed by atoms with E-state index in [1.807, 2.05) is 25.1 Å². The van der Waals surface area contributed by atoms with Gasteiger partial charge in [-0.3, -0.25) is 13.9 Å². The molecule has 0 atom stereocenters. The standard InChI is InChI=1S/C24H25ClN6O2/c1-16(9-10-17-7-5-4-6-8-17)27-28-23-26-21-20(29(23)2)22(32)31(24(33)30(21)3)15-18-11-13-19(25)14-12-18/h4-8,11-14H,9-10,15H2,1-3H3,(H,26,28)/b27-16+. The van der Waals surface area contributed by atoms with Gasteiger partial charge in [-0.15, -0.1) is 0 Å². The van der Waals surface area contributed by atoms with Gasteiger partial charge < -0.3 is 4.57 Å². The van der Waals surface area contributed by atoms with Crippen molar-refractivity contribution in [3.05, 3.63) is 91.6 Å². The first-order valence-electron chi connectivity index (χ1n) is 10.6. The second-order valence-electron chi connectivity index (χ2n) is 7.97. The second-order valence-corrected chi connectivity index (χ2v) is 8.41. The number of rotatable bonds is 7. The summed E-state index contributed by atoms with van der Waals surface area (Å²) in [5.74, 6) is 0.389. The molecule has 33 heavy (non-hydrogen) atoms. The molecule has 2 heterocycles. The fourth-order valence-electron chi connectivity index (χ4n) is 3.63. The molecular formula is C24H25ClN6O2. The minimum absolute atomic E-state index is 0.142. The number of halogens is 1. The molecule has 2 aromatic carbocycles. The van der Waals surface area contributed by atoms with Gasteiger partial charge in [-0.2, -0.15) is 10.1 Å². The first-order chi connectivity index (χ1) is 15.8. The number of fused-ring (bicyclic) bond motifs is 1. The zero-order chi connectivity index (χ0) is 23.5. The van der Waals surface area contributed by atoms with E-state index < -0.39 is 11.2 Å². The quantitative estimate of drug-likeness (QED) is 0.334. The lowest BCUT2D eigenvalue weighted by molar-refractivity contribution is 0.655. The Labute approximate surface area is 195 Å². The number of aryl methyl sites for hydroxylation is 3. The number of hydrazone groups is 1. The number of nitrogens with zero attached hydrogens (tertiary/aromatic N) is 5. The SMILES string of the molecule is C/C(CCc1ccccc1)=N\Nc1nc2c(c(=O)n(Cc3ccc(Cl)cc3)c(=O)n2C)n1C. The Morgan fingerprint density at radius 3 is 2.39 bits per heavy atom. The van der Waals surface area contributed by atoms with Crippen molar-refractivity contribution >= 4 is 34.4 Å². The largest absolute Gasteiger partial charge is 0.332 e. The van der Waals surface area contributed by atoms with E-state index >= 15 is 0 Å². The second kappa shape index (κ2) is 9.46. The topological polar surface area (TPSA) is 86.2 Å². The third-order valence-electron chi connectivity index (χ3n) is 5.58. The average molecular weight is 465 g/mol. The van der Waals surface area contributed by atoms with Crippen LogP contribution in [0.2, 0.25) is 5.02 Å². The first kappa shape index (κ1) is 22.5. The van der Waals surface area contributed by atoms with E-state index in [1.54, 1.807) is 42.9 Å². The summed E-state index contributed by atoms with van der Waals surface area (Å²) < 4.78 is 4.21. The Bertz CT molecular complexity index is 1430. The van der Waals surface area contributed by atoms with Gasteiger partial charge in [0.05, 0.1) is 6.54 Å². The van der Waals surface area contributed by atoms with Crippen molar-refractivity contribution < 1.29 is 0 Å². The molecule has 4 aromatic rings. The summed E-state index contributed by atoms with van der Waals surface area (Å²) in [6, 6.07) is 17.2. The number of aromatic nitrogens is 4. The van der Waals surface area contributed by atoms with Crippen molar-refractivity contribution in [1.82, 2.24) is 18.7 Å². The number of nitrogens with one attached hydrogen (secondary N) is 1. The fourth-order valence-corrected chi connectivity index (χ4v) is 3.75. The molecule has 8 nitrogen and oxygen atoms in total. The first-order valence-corrected chi connectivity index (χ1v) is 11.0. The van der Waals surface area contributed by atoms with E-state index in [2.05, 4.69) is 27.6 Å². The summed E-state index contributed by atoms with van der Waals surface area (Å²) in [6.45, 7) is 2.08. The normalized spacial score (nSPS) is 11.8. The van der Waals surface area contributed by atoms with Crippen molar-refractivity contribution in [2.75, 3.05) is 5.43 Å². The number of hydrogen-bond donors (Lipinski definition) is 1. The van der Waals surface area contributed by atoms with Crippen molar-refractivity contribution in [3.8, 4) is 0 Å². The minimum atomic E-state index is -0.436. The molecule has 0 aliphatic rings. The van der Waals surface area contributed by atoms with Gasteiger partial charge in [-0.1, -0.05) is 54.1 Å². The van der Waals surface area contributed by atoms with Gasteiger partial charge >= 0.3 is 5.69 Å². The highest BCUT2D eigenvalue weighted by molar-refractivity contribution is 6.30. The minimum Gasteiger partial charge on any atom is -0.306 e. The Morgan fingerprint density at radius 1 is 1.00 bits per heavy atom. The fraction of sp³-hybridized carbons (Fsp3) is 0.250. The average Bonchev–Trinajstić information content (AvgIpc) is 3.16. The van der Waals surface area contributed by atoms with Gasteiger partial charge in [0.15, 0.2) is 11.2 Å². The van der Waals surface area contributed by atoms with Crippen molar-refractivity contribution in [2.24, 2.45) is 19.2 Å². The molecule has 0 bridgehead atoms. The maximum atomic E-state index is 13.2. The maximum absolute atomic E-state index is 13.2. The molecule has 9 heteroatoms. The summed E-state index contributed by atoms with van der Waals surface area (Å²) >= 11 is 5.94. The maximum Gasteiger partial charge on any atom is 0.332 e. The molecule has 0 radical (unpaired) electrons. The van der Waals surface area contributed by atoms with E-state index in [-0.39, 0.29) is 6.54 Å². The molecule has 1 N–H and O–H groups in total. The van der Waals surface area contributed by atoms with Crippen LogP contribution in [0, 0.1) is 0 Å². The van der Waals surface area contributed by atoms with Crippen LogP contribution in [0.15, 0.2) is 69.3 Å². The Balaban J connectivity index is 1.62. The van der Waals surface area contributed by atoms with Gasteiger partial charge in [-0.25, -0.2) is 10.2 Å². The van der Waals surface area contributed by atoms with E-state index in [0.717, 1.165) is 24.1 Å². The molecule has 0 unspecified atom stereocenters. The predicted octanol–water partition coefficient (Wildman–Crippen LogP) is 3.56. The Kier molecular flexibility index (Phi) is 6.46. The van der Waals surface area contributed by atoms with E-state index in [1.165, 1.54) is 14.7 Å². The third-order valence-corrected chi connectivity index (χ3v) is 5.83. The van der Waals surface area contributed by atoms with Crippen LogP contribution in [0.25, 0.3) is 11.2 Å². The number of anilines is 1. The smallest absolute Gasteiger partial charge is 0.306 e. The van der Waals surface area contributed by atoms with Gasteiger partial charge in [0, 0.05) is 24.8 Å². The van der Waals surface area contributed by atoms with Gasteiger partial charge in [0.25, 0.3) is 5.56 Å². The lowest BCUT2D eigenvalue weighted by Crippen LogP contribution is -2.39. The van der Waals surface area contributed by atoms with Crippen LogP contribution in [0.5, 0.6) is 0 Å². The van der Waals surface area contributed by atoms with Crippen LogP contribution >= 0.6 is 11.6 Å². The number of benzene rings is 2. The van der Waals surface area contributed by atoms with E-state index in [9.17, 15) is 9.59 Å². The summed E-state index contributed by atoms with van der Waals surface area (Å²) in [5.41, 5.74) is 5.68. The van der Waals surface area contributed by atoms with Crippen molar-refractivity contribution in [3.63, 3.8) is 0 Å². The summed E-state index contributed by atoms with van der Waals surface area (Å²) in [4.78, 5) is 30.5. The molecule has 4 rings (SSSR count). The van der Waals surface area contributed by atoms with Crippen molar-refractivity contribution in [2.45, 2.75) is 26.3 Å². The molecule has 0 spiro atoms. The van der Waals surface area contributed by atoms with Crippen LogP contribution in [-0.2, 0) is 27.1 Å². The number of imidazole rings is 1. The molecule has 2 aromatic heterocycles. The zero-order valence-corrected chi connectivity index (χ0v) is 19.5. The third kappa shape index (κ3) is 4.75. The molecule has 0 amide bonds. The molecule has 0 saturated heterocycles.